The van der Waals surface area contributed by atoms with Gasteiger partial charge in [-0.25, -0.2) is 4.39 Å². The minimum absolute atomic E-state index is 0.258. The molecular weight excluding hydrogens is 211 g/mol. The summed E-state index contributed by atoms with van der Waals surface area (Å²) in [6.07, 6.45) is 5.52. The van der Waals surface area contributed by atoms with Crippen molar-refractivity contribution in [1.82, 2.24) is 0 Å². The van der Waals surface area contributed by atoms with Crippen molar-refractivity contribution in [3.05, 3.63) is 46.3 Å². The van der Waals surface area contributed by atoms with E-state index < -0.39 is 0 Å². The molecule has 0 spiro atoms. The van der Waals surface area contributed by atoms with Crippen LogP contribution in [0, 0.1) is 5.82 Å². The van der Waals surface area contributed by atoms with Crippen LogP contribution >= 0.6 is 11.6 Å². The third-order valence-corrected chi connectivity index (χ3v) is 3.37. The summed E-state index contributed by atoms with van der Waals surface area (Å²) in [6, 6.07) is 4.71. The van der Waals surface area contributed by atoms with E-state index in [2.05, 4.69) is 13.0 Å². The fraction of sp³-hybridized carbons (Fsp3) is 0.385. The highest BCUT2D eigenvalue weighted by molar-refractivity contribution is 6.31. The van der Waals surface area contributed by atoms with Gasteiger partial charge in [-0.15, -0.1) is 0 Å². The van der Waals surface area contributed by atoms with Gasteiger partial charge in [0.1, 0.15) is 5.82 Å². The molecule has 15 heavy (non-hydrogen) atoms. The molecule has 0 nitrogen and oxygen atoms in total. The number of hydrogen-bond donors (Lipinski definition) is 0. The van der Waals surface area contributed by atoms with Crippen LogP contribution in [0.25, 0.3) is 0 Å². The lowest BCUT2D eigenvalue weighted by molar-refractivity contribution is 0.593. The van der Waals surface area contributed by atoms with E-state index in [1.54, 1.807) is 0 Å². The predicted molar refractivity (Wildman–Crippen MR) is 61.8 cm³/mol. The standard InChI is InChI=1S/C13H14ClF/c1-9-2-4-10(5-3-9)12-7-6-11(15)8-13(12)14/h2,6-8,10H,3-5H2,1H3. The van der Waals surface area contributed by atoms with Gasteiger partial charge in [0.25, 0.3) is 0 Å². The van der Waals surface area contributed by atoms with Crippen LogP contribution in [-0.2, 0) is 0 Å². The van der Waals surface area contributed by atoms with Crippen molar-refractivity contribution in [1.29, 1.82) is 0 Å². The average Bonchev–Trinajstić information content (AvgIpc) is 2.20. The fourth-order valence-electron chi connectivity index (χ4n) is 2.08. The van der Waals surface area contributed by atoms with Crippen LogP contribution in [0.1, 0.15) is 37.7 Å². The molecule has 0 heterocycles. The molecule has 2 heteroatoms. The molecule has 0 saturated heterocycles. The Morgan fingerprint density at radius 1 is 1.40 bits per heavy atom. The summed E-state index contributed by atoms with van der Waals surface area (Å²) in [4.78, 5) is 0. The highest BCUT2D eigenvalue weighted by Gasteiger charge is 2.17. The molecule has 80 valence electrons. The Balaban J connectivity index is 2.23. The molecule has 0 amide bonds. The van der Waals surface area contributed by atoms with E-state index in [-0.39, 0.29) is 5.82 Å². The topological polar surface area (TPSA) is 0 Å². The number of hydrogen-bond acceptors (Lipinski definition) is 0. The first kappa shape index (κ1) is 10.7. The van der Waals surface area contributed by atoms with Gasteiger partial charge in [0.2, 0.25) is 0 Å². The first-order valence-corrected chi connectivity index (χ1v) is 5.65. The zero-order chi connectivity index (χ0) is 10.8. The molecule has 0 bridgehead atoms. The fourth-order valence-corrected chi connectivity index (χ4v) is 2.40. The normalized spacial score (nSPS) is 21.3. The van der Waals surface area contributed by atoms with Gasteiger partial charge < -0.3 is 0 Å². The van der Waals surface area contributed by atoms with Gasteiger partial charge in [0, 0.05) is 5.02 Å². The summed E-state index contributed by atoms with van der Waals surface area (Å²) >= 11 is 6.04. The number of halogens is 2. The summed E-state index contributed by atoms with van der Waals surface area (Å²) < 4.78 is 12.9. The predicted octanol–water partition coefficient (Wildman–Crippen LogP) is 4.69. The molecule has 1 aliphatic carbocycles. The minimum Gasteiger partial charge on any atom is -0.207 e. The van der Waals surface area contributed by atoms with Gasteiger partial charge >= 0.3 is 0 Å². The Morgan fingerprint density at radius 3 is 2.80 bits per heavy atom. The van der Waals surface area contributed by atoms with Crippen molar-refractivity contribution in [2.24, 2.45) is 0 Å². The second-order valence-corrected chi connectivity index (χ2v) is 4.59. The van der Waals surface area contributed by atoms with E-state index in [1.165, 1.54) is 17.7 Å². The van der Waals surface area contributed by atoms with Crippen molar-refractivity contribution in [3.8, 4) is 0 Å². The monoisotopic (exact) mass is 224 g/mol. The lowest BCUT2D eigenvalue weighted by Crippen LogP contribution is -2.04. The molecule has 2 rings (SSSR count). The van der Waals surface area contributed by atoms with Crippen LogP contribution in [0.2, 0.25) is 5.02 Å². The quantitative estimate of drug-likeness (QED) is 0.607. The van der Waals surface area contributed by atoms with Crippen molar-refractivity contribution in [2.75, 3.05) is 0 Å². The number of allylic oxidation sites excluding steroid dienone is 2. The third-order valence-electron chi connectivity index (χ3n) is 3.04. The maximum atomic E-state index is 12.9. The molecule has 0 radical (unpaired) electrons. The minimum atomic E-state index is -0.258. The van der Waals surface area contributed by atoms with Gasteiger partial charge in [-0.2, -0.15) is 0 Å². The summed E-state index contributed by atoms with van der Waals surface area (Å²) in [5.41, 5.74) is 2.53. The second kappa shape index (κ2) is 4.36. The third kappa shape index (κ3) is 2.40. The summed E-state index contributed by atoms with van der Waals surface area (Å²) in [5, 5.41) is 0.563. The Kier molecular flexibility index (Phi) is 3.11. The van der Waals surface area contributed by atoms with Gasteiger partial charge in [0.15, 0.2) is 0 Å². The summed E-state index contributed by atoms with van der Waals surface area (Å²) in [7, 11) is 0. The van der Waals surface area contributed by atoms with Crippen molar-refractivity contribution in [2.45, 2.75) is 32.1 Å². The first-order valence-electron chi connectivity index (χ1n) is 5.27. The molecule has 1 aromatic rings. The maximum Gasteiger partial charge on any atom is 0.124 e. The smallest absolute Gasteiger partial charge is 0.124 e. The average molecular weight is 225 g/mol. The van der Waals surface area contributed by atoms with Crippen molar-refractivity contribution < 1.29 is 4.39 Å². The Bertz CT molecular complexity index is 396. The van der Waals surface area contributed by atoms with Crippen LogP contribution in [0.4, 0.5) is 4.39 Å². The molecule has 0 aromatic heterocycles. The number of rotatable bonds is 1. The molecule has 1 unspecified atom stereocenters. The van der Waals surface area contributed by atoms with E-state index >= 15 is 0 Å². The van der Waals surface area contributed by atoms with Crippen LogP contribution in [0.15, 0.2) is 29.8 Å². The summed E-state index contributed by atoms with van der Waals surface area (Å²) in [6.45, 7) is 2.16. The Hall–Kier alpha value is -0.820. The van der Waals surface area contributed by atoms with Crippen LogP contribution in [0.5, 0.6) is 0 Å². The lowest BCUT2D eigenvalue weighted by Gasteiger charge is -2.21. The lowest BCUT2D eigenvalue weighted by atomic mass is 9.85. The molecule has 1 aromatic carbocycles. The van der Waals surface area contributed by atoms with Crippen LogP contribution in [0.3, 0.4) is 0 Å². The molecule has 1 aliphatic rings. The second-order valence-electron chi connectivity index (χ2n) is 4.19. The molecule has 0 N–H and O–H groups in total. The van der Waals surface area contributed by atoms with Crippen molar-refractivity contribution >= 4 is 11.6 Å². The summed E-state index contributed by atoms with van der Waals surface area (Å²) in [5.74, 6) is 0.202. The van der Waals surface area contributed by atoms with Gasteiger partial charge in [-0.05, 0) is 49.8 Å². The Morgan fingerprint density at radius 2 is 2.20 bits per heavy atom. The van der Waals surface area contributed by atoms with Gasteiger partial charge in [-0.3, -0.25) is 0 Å². The van der Waals surface area contributed by atoms with E-state index in [0.717, 1.165) is 24.8 Å². The van der Waals surface area contributed by atoms with Crippen molar-refractivity contribution in [3.63, 3.8) is 0 Å². The highest BCUT2D eigenvalue weighted by Crippen LogP contribution is 2.35. The largest absolute Gasteiger partial charge is 0.207 e. The van der Waals surface area contributed by atoms with E-state index in [4.69, 9.17) is 11.6 Å². The zero-order valence-electron chi connectivity index (χ0n) is 8.76. The molecule has 0 fully saturated rings. The van der Waals surface area contributed by atoms with Crippen LogP contribution < -0.4 is 0 Å². The molecule has 0 aliphatic heterocycles. The first-order chi connectivity index (χ1) is 7.16. The molecule has 0 saturated carbocycles. The van der Waals surface area contributed by atoms with E-state index in [9.17, 15) is 4.39 Å². The van der Waals surface area contributed by atoms with Gasteiger partial charge in [0.05, 0.1) is 0 Å². The Labute approximate surface area is 94.8 Å². The molecular formula is C13H14ClF. The zero-order valence-corrected chi connectivity index (χ0v) is 9.52. The van der Waals surface area contributed by atoms with E-state index in [1.807, 2.05) is 6.07 Å². The highest BCUT2D eigenvalue weighted by atomic mass is 35.5. The number of benzene rings is 1. The molecule has 1 atom stereocenters. The maximum absolute atomic E-state index is 12.9. The van der Waals surface area contributed by atoms with Crippen LogP contribution in [-0.4, -0.2) is 0 Å². The van der Waals surface area contributed by atoms with E-state index in [0.29, 0.717) is 10.9 Å². The SMILES string of the molecule is CC1=CCC(c2ccc(F)cc2Cl)CC1. The van der Waals surface area contributed by atoms with Gasteiger partial charge in [-0.1, -0.05) is 29.3 Å².